The summed E-state index contributed by atoms with van der Waals surface area (Å²) in [7, 11) is 0. The van der Waals surface area contributed by atoms with Crippen molar-refractivity contribution in [1.82, 2.24) is 4.98 Å². The van der Waals surface area contributed by atoms with E-state index in [2.05, 4.69) is 41.2 Å². The number of nitrogens with two attached hydrogens (primary N) is 1. The third kappa shape index (κ3) is 3.55. The van der Waals surface area contributed by atoms with Crippen molar-refractivity contribution in [2.75, 3.05) is 4.90 Å². The Bertz CT molecular complexity index is 591. The van der Waals surface area contributed by atoms with E-state index < -0.39 is 0 Å². The van der Waals surface area contributed by atoms with Gasteiger partial charge in [-0.25, -0.2) is 4.98 Å². The number of pyridine rings is 1. The van der Waals surface area contributed by atoms with Gasteiger partial charge in [0.1, 0.15) is 10.8 Å². The highest BCUT2D eigenvalue weighted by molar-refractivity contribution is 7.80. The van der Waals surface area contributed by atoms with Crippen molar-refractivity contribution < 1.29 is 0 Å². The van der Waals surface area contributed by atoms with E-state index in [4.69, 9.17) is 18.0 Å². The third-order valence-corrected chi connectivity index (χ3v) is 4.15. The van der Waals surface area contributed by atoms with Crippen molar-refractivity contribution in [2.45, 2.75) is 33.4 Å². The van der Waals surface area contributed by atoms with Crippen LogP contribution in [0.15, 0.2) is 29.6 Å². The van der Waals surface area contributed by atoms with E-state index in [1.807, 2.05) is 19.1 Å². The Hall–Kier alpha value is -1.46. The largest absolute Gasteiger partial charge is 0.389 e. The van der Waals surface area contributed by atoms with Crippen LogP contribution in [0.3, 0.4) is 0 Å². The molecule has 0 saturated heterocycles. The number of hydrogen-bond donors (Lipinski definition) is 1. The lowest BCUT2D eigenvalue weighted by atomic mass is 10.2. The van der Waals surface area contributed by atoms with Crippen LogP contribution in [0.2, 0.25) is 0 Å². The third-order valence-electron chi connectivity index (χ3n) is 3.05. The Morgan fingerprint density at radius 3 is 2.75 bits per heavy atom. The standard InChI is InChI=1S/C15H19N3S2/c1-10(2)18(9-13-5-4-6-20-13)14-8-12(15(16)19)7-11(3)17-14/h4-8,10H,9H2,1-3H3,(H2,16,19). The van der Waals surface area contributed by atoms with Gasteiger partial charge in [-0.3, -0.25) is 0 Å². The quantitative estimate of drug-likeness (QED) is 0.859. The van der Waals surface area contributed by atoms with Gasteiger partial charge in [-0.15, -0.1) is 11.3 Å². The van der Waals surface area contributed by atoms with Crippen LogP contribution in [-0.2, 0) is 6.54 Å². The summed E-state index contributed by atoms with van der Waals surface area (Å²) in [6.45, 7) is 7.15. The fourth-order valence-electron chi connectivity index (χ4n) is 2.04. The zero-order chi connectivity index (χ0) is 14.7. The second-order valence-electron chi connectivity index (χ2n) is 5.02. The summed E-state index contributed by atoms with van der Waals surface area (Å²) in [5.74, 6) is 0.927. The normalized spacial score (nSPS) is 10.8. The minimum atomic E-state index is 0.352. The number of nitrogens with zero attached hydrogens (tertiary/aromatic N) is 2. The van der Waals surface area contributed by atoms with Crippen LogP contribution in [0, 0.1) is 6.92 Å². The average Bonchev–Trinajstić information content (AvgIpc) is 2.87. The topological polar surface area (TPSA) is 42.1 Å². The second kappa shape index (κ2) is 6.33. The fourth-order valence-corrected chi connectivity index (χ4v) is 2.86. The summed E-state index contributed by atoms with van der Waals surface area (Å²) in [4.78, 5) is 8.63. The summed E-state index contributed by atoms with van der Waals surface area (Å²) >= 11 is 6.84. The predicted molar refractivity (Wildman–Crippen MR) is 90.5 cm³/mol. The van der Waals surface area contributed by atoms with Crippen LogP contribution < -0.4 is 10.6 Å². The number of thiocarbonyl (C=S) groups is 1. The predicted octanol–water partition coefficient (Wildman–Crippen LogP) is 3.50. The van der Waals surface area contributed by atoms with Crippen molar-refractivity contribution in [3.63, 3.8) is 0 Å². The summed E-state index contributed by atoms with van der Waals surface area (Å²) in [5.41, 5.74) is 7.56. The van der Waals surface area contributed by atoms with Crippen molar-refractivity contribution >= 4 is 34.4 Å². The summed E-state index contributed by atoms with van der Waals surface area (Å²) in [6, 6.07) is 8.47. The minimum Gasteiger partial charge on any atom is -0.389 e. The van der Waals surface area contributed by atoms with Gasteiger partial charge in [0.25, 0.3) is 0 Å². The molecular weight excluding hydrogens is 286 g/mol. The SMILES string of the molecule is Cc1cc(C(N)=S)cc(N(Cc2cccs2)C(C)C)n1. The van der Waals surface area contributed by atoms with E-state index in [9.17, 15) is 0 Å². The van der Waals surface area contributed by atoms with Gasteiger partial charge in [-0.05, 0) is 44.4 Å². The molecule has 0 fully saturated rings. The highest BCUT2D eigenvalue weighted by Gasteiger charge is 2.15. The molecule has 0 unspecified atom stereocenters. The molecule has 0 bridgehead atoms. The molecule has 3 nitrogen and oxygen atoms in total. The molecule has 5 heteroatoms. The van der Waals surface area contributed by atoms with Crippen molar-refractivity contribution in [1.29, 1.82) is 0 Å². The Labute approximate surface area is 129 Å². The molecule has 2 rings (SSSR count). The molecule has 0 spiro atoms. The van der Waals surface area contributed by atoms with E-state index in [1.54, 1.807) is 11.3 Å². The van der Waals surface area contributed by atoms with Gasteiger partial charge >= 0.3 is 0 Å². The van der Waals surface area contributed by atoms with Crippen LogP contribution in [0.4, 0.5) is 5.82 Å². The number of aromatic nitrogens is 1. The molecule has 0 aromatic carbocycles. The van der Waals surface area contributed by atoms with Crippen LogP contribution >= 0.6 is 23.6 Å². The van der Waals surface area contributed by atoms with Gasteiger partial charge in [0.15, 0.2) is 0 Å². The number of thiophene rings is 1. The maximum Gasteiger partial charge on any atom is 0.130 e. The van der Waals surface area contributed by atoms with Gasteiger partial charge < -0.3 is 10.6 Å². The van der Waals surface area contributed by atoms with Gasteiger partial charge in [0.2, 0.25) is 0 Å². The Kier molecular flexibility index (Phi) is 4.73. The average molecular weight is 305 g/mol. The van der Waals surface area contributed by atoms with Crippen molar-refractivity contribution in [3.05, 3.63) is 45.8 Å². The summed E-state index contributed by atoms with van der Waals surface area (Å²) in [6.07, 6.45) is 0. The molecule has 2 heterocycles. The van der Waals surface area contributed by atoms with E-state index in [0.29, 0.717) is 11.0 Å². The Balaban J connectivity index is 2.36. The highest BCUT2D eigenvalue weighted by Crippen LogP contribution is 2.22. The molecule has 0 amide bonds. The molecule has 2 aromatic heterocycles. The molecule has 0 radical (unpaired) electrons. The molecule has 2 aromatic rings. The highest BCUT2D eigenvalue weighted by atomic mass is 32.1. The van der Waals surface area contributed by atoms with Crippen molar-refractivity contribution in [3.8, 4) is 0 Å². The first kappa shape index (κ1) is 14.9. The molecule has 0 aliphatic rings. The number of aryl methyl sites for hydroxylation is 1. The lowest BCUT2D eigenvalue weighted by Crippen LogP contribution is -2.31. The van der Waals surface area contributed by atoms with Crippen LogP contribution in [0.5, 0.6) is 0 Å². The number of rotatable bonds is 5. The van der Waals surface area contributed by atoms with Crippen LogP contribution in [0.25, 0.3) is 0 Å². The van der Waals surface area contributed by atoms with Gasteiger partial charge in [-0.2, -0.15) is 0 Å². The first-order valence-electron chi connectivity index (χ1n) is 6.55. The molecule has 0 aliphatic heterocycles. The molecule has 106 valence electrons. The van der Waals surface area contributed by atoms with Gasteiger partial charge in [0.05, 0.1) is 6.54 Å². The van der Waals surface area contributed by atoms with Crippen LogP contribution in [-0.4, -0.2) is 16.0 Å². The van der Waals surface area contributed by atoms with Gasteiger partial charge in [0, 0.05) is 22.2 Å². The fraction of sp³-hybridized carbons (Fsp3) is 0.333. The van der Waals surface area contributed by atoms with E-state index >= 15 is 0 Å². The smallest absolute Gasteiger partial charge is 0.130 e. The molecular formula is C15H19N3S2. The second-order valence-corrected chi connectivity index (χ2v) is 6.49. The van der Waals surface area contributed by atoms with E-state index in [0.717, 1.165) is 23.6 Å². The Morgan fingerprint density at radius 1 is 1.45 bits per heavy atom. The molecule has 0 saturated carbocycles. The van der Waals surface area contributed by atoms with E-state index in [1.165, 1.54) is 4.88 Å². The molecule has 0 aliphatic carbocycles. The maximum absolute atomic E-state index is 5.75. The maximum atomic E-state index is 5.75. The minimum absolute atomic E-state index is 0.352. The zero-order valence-electron chi connectivity index (χ0n) is 12.0. The number of hydrogen-bond acceptors (Lipinski definition) is 4. The van der Waals surface area contributed by atoms with Crippen LogP contribution in [0.1, 0.15) is 30.0 Å². The first-order valence-corrected chi connectivity index (χ1v) is 7.83. The van der Waals surface area contributed by atoms with Gasteiger partial charge in [-0.1, -0.05) is 18.3 Å². The number of anilines is 1. The monoisotopic (exact) mass is 305 g/mol. The lowest BCUT2D eigenvalue weighted by Gasteiger charge is -2.28. The zero-order valence-corrected chi connectivity index (χ0v) is 13.6. The van der Waals surface area contributed by atoms with E-state index in [-0.39, 0.29) is 0 Å². The lowest BCUT2D eigenvalue weighted by molar-refractivity contribution is 0.676. The molecule has 0 atom stereocenters. The first-order chi connectivity index (χ1) is 9.47. The Morgan fingerprint density at radius 2 is 2.20 bits per heavy atom. The molecule has 20 heavy (non-hydrogen) atoms. The summed E-state index contributed by atoms with van der Waals surface area (Å²) in [5, 5.41) is 2.10. The summed E-state index contributed by atoms with van der Waals surface area (Å²) < 4.78 is 0. The molecule has 2 N–H and O–H groups in total. The van der Waals surface area contributed by atoms with Crippen molar-refractivity contribution in [2.24, 2.45) is 5.73 Å².